The van der Waals surface area contributed by atoms with Gasteiger partial charge in [-0.15, -0.1) is 0 Å². The summed E-state index contributed by atoms with van der Waals surface area (Å²) in [5.41, 5.74) is -2.73. The van der Waals surface area contributed by atoms with Crippen molar-refractivity contribution in [1.82, 2.24) is 10.3 Å². The molecule has 1 aromatic heterocycles. The number of rotatable bonds is 7. The Hall–Kier alpha value is -2.26. The number of carbonyl (C=O) groups is 1. The standard InChI is InChI=1S/C12H17N3O6/c1-12(18,3-4-21-2)7-14-11(17)9-5-8(15(19)20)6-13-10(9)16/h5-6,18H,3-4,7H2,1-2H3,(H,13,16)(H,14,17). The summed E-state index contributed by atoms with van der Waals surface area (Å²) in [6.07, 6.45) is 1.20. The third kappa shape index (κ3) is 4.97. The van der Waals surface area contributed by atoms with Crippen molar-refractivity contribution in [2.45, 2.75) is 18.9 Å². The average molecular weight is 299 g/mol. The fourth-order valence-corrected chi connectivity index (χ4v) is 1.52. The van der Waals surface area contributed by atoms with Gasteiger partial charge in [0.25, 0.3) is 17.2 Å². The first-order chi connectivity index (χ1) is 9.76. The van der Waals surface area contributed by atoms with E-state index in [4.69, 9.17) is 4.74 Å². The molecule has 1 aromatic rings. The van der Waals surface area contributed by atoms with E-state index in [0.29, 0.717) is 6.61 Å². The Labute approximate surface area is 120 Å². The molecule has 1 amide bonds. The fourth-order valence-electron chi connectivity index (χ4n) is 1.52. The fraction of sp³-hybridized carbons (Fsp3) is 0.500. The molecule has 0 bridgehead atoms. The summed E-state index contributed by atoms with van der Waals surface area (Å²) in [7, 11) is 1.48. The molecule has 1 heterocycles. The normalized spacial score (nSPS) is 13.5. The molecule has 0 saturated carbocycles. The summed E-state index contributed by atoms with van der Waals surface area (Å²) in [6.45, 7) is 1.70. The van der Waals surface area contributed by atoms with Crippen molar-refractivity contribution in [3.63, 3.8) is 0 Å². The lowest BCUT2D eigenvalue weighted by Crippen LogP contribution is -2.42. The highest BCUT2D eigenvalue weighted by Crippen LogP contribution is 2.10. The van der Waals surface area contributed by atoms with Gasteiger partial charge < -0.3 is 20.1 Å². The van der Waals surface area contributed by atoms with E-state index in [2.05, 4.69) is 10.3 Å². The van der Waals surface area contributed by atoms with Gasteiger partial charge in [0.05, 0.1) is 16.7 Å². The van der Waals surface area contributed by atoms with Crippen LogP contribution in [0.5, 0.6) is 0 Å². The maximum atomic E-state index is 11.9. The second-order valence-electron chi connectivity index (χ2n) is 4.78. The Morgan fingerprint density at radius 2 is 2.29 bits per heavy atom. The Bertz CT molecular complexity index is 581. The quantitative estimate of drug-likeness (QED) is 0.471. The number of nitrogens with one attached hydrogen (secondary N) is 2. The number of nitrogens with zero attached hydrogens (tertiary/aromatic N) is 1. The van der Waals surface area contributed by atoms with Gasteiger partial charge in [-0.3, -0.25) is 19.7 Å². The van der Waals surface area contributed by atoms with Crippen molar-refractivity contribution in [1.29, 1.82) is 0 Å². The molecule has 0 aliphatic carbocycles. The molecular formula is C12H17N3O6. The van der Waals surface area contributed by atoms with Crippen molar-refractivity contribution in [3.05, 3.63) is 38.3 Å². The molecule has 9 nitrogen and oxygen atoms in total. The van der Waals surface area contributed by atoms with E-state index >= 15 is 0 Å². The first-order valence-corrected chi connectivity index (χ1v) is 6.13. The van der Waals surface area contributed by atoms with Crippen LogP contribution in [0, 0.1) is 10.1 Å². The van der Waals surface area contributed by atoms with Gasteiger partial charge in [0, 0.05) is 32.7 Å². The van der Waals surface area contributed by atoms with Crippen LogP contribution in [0.15, 0.2) is 17.1 Å². The molecule has 3 N–H and O–H groups in total. The van der Waals surface area contributed by atoms with Crippen molar-refractivity contribution in [3.8, 4) is 0 Å². The number of carbonyl (C=O) groups excluding carboxylic acids is 1. The minimum absolute atomic E-state index is 0.114. The van der Waals surface area contributed by atoms with Gasteiger partial charge in [-0.2, -0.15) is 0 Å². The molecule has 21 heavy (non-hydrogen) atoms. The highest BCUT2D eigenvalue weighted by atomic mass is 16.6. The molecule has 0 saturated heterocycles. The average Bonchev–Trinajstić information content (AvgIpc) is 2.43. The van der Waals surface area contributed by atoms with Gasteiger partial charge in [0.2, 0.25) is 0 Å². The molecule has 0 radical (unpaired) electrons. The van der Waals surface area contributed by atoms with E-state index < -0.39 is 27.7 Å². The molecule has 1 rings (SSSR count). The zero-order valence-electron chi connectivity index (χ0n) is 11.7. The topological polar surface area (TPSA) is 135 Å². The minimum Gasteiger partial charge on any atom is -0.388 e. The van der Waals surface area contributed by atoms with E-state index in [0.717, 1.165) is 12.3 Å². The number of amides is 1. The van der Waals surface area contributed by atoms with Crippen LogP contribution in [0.4, 0.5) is 5.69 Å². The van der Waals surface area contributed by atoms with E-state index in [1.54, 1.807) is 0 Å². The highest BCUT2D eigenvalue weighted by molar-refractivity contribution is 5.94. The number of aliphatic hydroxyl groups is 1. The Morgan fingerprint density at radius 1 is 1.62 bits per heavy atom. The number of aromatic amines is 1. The molecule has 0 spiro atoms. The number of pyridine rings is 1. The molecule has 0 aromatic carbocycles. The number of hydrogen-bond acceptors (Lipinski definition) is 6. The number of H-pyrrole nitrogens is 1. The number of ether oxygens (including phenoxy) is 1. The molecule has 0 fully saturated rings. The minimum atomic E-state index is -1.21. The zero-order chi connectivity index (χ0) is 16.0. The second kappa shape index (κ2) is 6.95. The van der Waals surface area contributed by atoms with Crippen LogP contribution < -0.4 is 10.9 Å². The van der Waals surface area contributed by atoms with Crippen molar-refractivity contribution in [2.75, 3.05) is 20.3 Å². The number of aromatic nitrogens is 1. The first kappa shape index (κ1) is 16.8. The maximum absolute atomic E-state index is 11.9. The van der Waals surface area contributed by atoms with Crippen LogP contribution in [0.2, 0.25) is 0 Å². The largest absolute Gasteiger partial charge is 0.388 e. The lowest BCUT2D eigenvalue weighted by atomic mass is 10.0. The Kier molecular flexibility index (Phi) is 5.56. The van der Waals surface area contributed by atoms with Crippen molar-refractivity contribution < 1.29 is 19.6 Å². The summed E-state index contributed by atoms with van der Waals surface area (Å²) in [6, 6.07) is 0.887. The second-order valence-corrected chi connectivity index (χ2v) is 4.78. The summed E-state index contributed by atoms with van der Waals surface area (Å²) < 4.78 is 4.83. The molecular weight excluding hydrogens is 282 g/mol. The summed E-state index contributed by atoms with van der Waals surface area (Å²) >= 11 is 0. The molecule has 1 atom stereocenters. The van der Waals surface area contributed by atoms with Gasteiger partial charge in [0.15, 0.2) is 0 Å². The summed E-state index contributed by atoms with van der Waals surface area (Å²) in [5.74, 6) is -0.794. The monoisotopic (exact) mass is 299 g/mol. The van der Waals surface area contributed by atoms with E-state index in [1.807, 2.05) is 0 Å². The van der Waals surface area contributed by atoms with Crippen LogP contribution in [0.1, 0.15) is 23.7 Å². The predicted molar refractivity (Wildman–Crippen MR) is 73.2 cm³/mol. The van der Waals surface area contributed by atoms with Gasteiger partial charge in [-0.1, -0.05) is 0 Å². The van der Waals surface area contributed by atoms with Crippen LogP contribution in [0.25, 0.3) is 0 Å². The lowest BCUT2D eigenvalue weighted by Gasteiger charge is -2.23. The summed E-state index contributed by atoms with van der Waals surface area (Å²) in [4.78, 5) is 35.4. The molecule has 116 valence electrons. The molecule has 9 heteroatoms. The van der Waals surface area contributed by atoms with E-state index in [9.17, 15) is 24.8 Å². The van der Waals surface area contributed by atoms with Gasteiger partial charge in [-0.05, 0) is 6.92 Å². The predicted octanol–water partition coefficient (Wildman–Crippen LogP) is -0.200. The van der Waals surface area contributed by atoms with Crippen molar-refractivity contribution in [2.24, 2.45) is 0 Å². The molecule has 1 unspecified atom stereocenters. The number of hydrogen-bond donors (Lipinski definition) is 3. The van der Waals surface area contributed by atoms with Gasteiger partial charge in [0.1, 0.15) is 5.56 Å². The van der Waals surface area contributed by atoms with Gasteiger partial charge in [-0.25, -0.2) is 0 Å². The number of nitro groups is 1. The zero-order valence-corrected chi connectivity index (χ0v) is 11.7. The van der Waals surface area contributed by atoms with E-state index in [1.165, 1.54) is 14.0 Å². The lowest BCUT2D eigenvalue weighted by molar-refractivity contribution is -0.385. The molecule has 0 aliphatic heterocycles. The molecule has 0 aliphatic rings. The van der Waals surface area contributed by atoms with Gasteiger partial charge >= 0.3 is 0 Å². The Balaban J connectivity index is 2.78. The van der Waals surface area contributed by atoms with Crippen LogP contribution in [-0.2, 0) is 4.74 Å². The van der Waals surface area contributed by atoms with Crippen molar-refractivity contribution >= 4 is 11.6 Å². The number of methoxy groups -OCH3 is 1. The first-order valence-electron chi connectivity index (χ1n) is 6.13. The maximum Gasteiger partial charge on any atom is 0.286 e. The third-order valence-electron chi connectivity index (χ3n) is 2.82. The summed E-state index contributed by atoms with van der Waals surface area (Å²) in [5, 5.41) is 23.0. The third-order valence-corrected chi connectivity index (χ3v) is 2.82. The van der Waals surface area contributed by atoms with Crippen LogP contribution in [0.3, 0.4) is 0 Å². The SMILES string of the molecule is COCCC(C)(O)CNC(=O)c1cc([N+](=O)[O-])c[nH]c1=O. The Morgan fingerprint density at radius 3 is 2.86 bits per heavy atom. The van der Waals surface area contributed by atoms with E-state index in [-0.39, 0.29) is 18.5 Å². The smallest absolute Gasteiger partial charge is 0.286 e. The highest BCUT2D eigenvalue weighted by Gasteiger charge is 2.23. The van der Waals surface area contributed by atoms with Crippen LogP contribution in [-0.4, -0.2) is 46.8 Å². The van der Waals surface area contributed by atoms with Crippen LogP contribution >= 0.6 is 0 Å².